The Balaban J connectivity index is 1.34. The summed E-state index contributed by atoms with van der Waals surface area (Å²) in [6.07, 6.45) is 6.43. The van der Waals surface area contributed by atoms with Crippen molar-refractivity contribution in [3.8, 4) is 5.82 Å². The Morgan fingerprint density at radius 2 is 1.59 bits per heavy atom. The van der Waals surface area contributed by atoms with E-state index in [1.165, 1.54) is 12.7 Å². The first-order valence-electron chi connectivity index (χ1n) is 11.5. The fourth-order valence-electron chi connectivity index (χ4n) is 4.43. The highest BCUT2D eigenvalue weighted by molar-refractivity contribution is 5.79. The summed E-state index contributed by atoms with van der Waals surface area (Å²) in [4.78, 5) is 30.7. The zero-order valence-electron chi connectivity index (χ0n) is 18.9. The molecule has 0 radical (unpaired) electrons. The smallest absolute Gasteiger partial charge is 0.228 e. The van der Waals surface area contributed by atoms with Gasteiger partial charge in [0.1, 0.15) is 24.8 Å². The summed E-state index contributed by atoms with van der Waals surface area (Å²) >= 11 is 0. The summed E-state index contributed by atoms with van der Waals surface area (Å²) in [5.74, 6) is 1.55. The number of benzene rings is 2. The van der Waals surface area contributed by atoms with Gasteiger partial charge in [-0.1, -0.05) is 60.7 Å². The Morgan fingerprint density at radius 1 is 0.912 bits per heavy atom. The lowest BCUT2D eigenvalue weighted by molar-refractivity contribution is -0.137. The molecule has 0 aliphatic carbocycles. The molecular weight excluding hydrogens is 426 g/mol. The lowest BCUT2D eigenvalue weighted by Gasteiger charge is -2.35. The molecule has 0 N–H and O–H groups in total. The topological polar surface area (TPSA) is 80.0 Å². The van der Waals surface area contributed by atoms with Gasteiger partial charge in [0.2, 0.25) is 5.91 Å². The first kappa shape index (κ1) is 21.8. The molecule has 2 aromatic carbocycles. The van der Waals surface area contributed by atoms with Crippen molar-refractivity contribution in [1.82, 2.24) is 29.6 Å². The lowest BCUT2D eigenvalue weighted by Crippen LogP contribution is -2.44. The normalized spacial score (nSPS) is 15.8. The number of hydrogen-bond donors (Lipinski definition) is 0. The van der Waals surface area contributed by atoms with Crippen LogP contribution in [-0.4, -0.2) is 48.6 Å². The number of anilines is 1. The summed E-state index contributed by atoms with van der Waals surface area (Å²) in [5.41, 5.74) is 2.26. The van der Waals surface area contributed by atoms with Crippen LogP contribution in [0.2, 0.25) is 0 Å². The molecule has 1 aliphatic heterocycles. The maximum absolute atomic E-state index is 13.8. The summed E-state index contributed by atoms with van der Waals surface area (Å²) in [6, 6.07) is 22.3. The van der Waals surface area contributed by atoms with E-state index in [1.807, 2.05) is 47.4 Å². The van der Waals surface area contributed by atoms with Crippen LogP contribution in [0.25, 0.3) is 5.82 Å². The second kappa shape index (κ2) is 10.2. The molecule has 1 aliphatic rings. The molecule has 3 heterocycles. The van der Waals surface area contributed by atoms with Crippen molar-refractivity contribution >= 4 is 11.7 Å². The molecule has 1 fully saturated rings. The monoisotopic (exact) mass is 453 g/mol. The fraction of sp³-hybridized carbons (Fsp3) is 0.269. The van der Waals surface area contributed by atoms with Gasteiger partial charge in [-0.25, -0.2) is 19.6 Å². The molecule has 0 bridgehead atoms. The van der Waals surface area contributed by atoms with Crippen LogP contribution >= 0.6 is 0 Å². The van der Waals surface area contributed by atoms with Crippen molar-refractivity contribution in [2.45, 2.75) is 25.9 Å². The zero-order chi connectivity index (χ0) is 23.2. The minimum Gasteiger partial charge on any atom is -0.356 e. The Kier molecular flexibility index (Phi) is 6.56. The van der Waals surface area contributed by atoms with E-state index in [0.717, 1.165) is 36.3 Å². The second-order valence-corrected chi connectivity index (χ2v) is 8.53. The minimum absolute atomic E-state index is 0.0917. The van der Waals surface area contributed by atoms with E-state index in [9.17, 15) is 4.79 Å². The number of carbonyl (C=O) groups excluding carboxylic acids is 1. The van der Waals surface area contributed by atoms with E-state index >= 15 is 0 Å². The standard InChI is InChI=1S/C26H27N7O/c34-26(32(15-21-8-3-1-4-9-21)16-22-10-5-2-6-11-22)23-12-7-13-31(17-23)24-14-25(29-19-28-24)33-20-27-18-30-33/h1-6,8-11,14,18-20,23H,7,12-13,15-17H2. The lowest BCUT2D eigenvalue weighted by atomic mass is 9.96. The molecule has 5 rings (SSSR count). The van der Waals surface area contributed by atoms with E-state index < -0.39 is 0 Å². The summed E-state index contributed by atoms with van der Waals surface area (Å²) < 4.78 is 1.61. The molecule has 172 valence electrons. The van der Waals surface area contributed by atoms with Gasteiger partial charge in [-0.3, -0.25) is 4.79 Å². The third kappa shape index (κ3) is 5.11. The Bertz CT molecular complexity index is 1160. The van der Waals surface area contributed by atoms with Crippen LogP contribution in [0.1, 0.15) is 24.0 Å². The molecule has 1 atom stereocenters. The van der Waals surface area contributed by atoms with Gasteiger partial charge in [-0.05, 0) is 24.0 Å². The SMILES string of the molecule is O=C(C1CCCN(c2cc(-n3cncn3)ncn2)C1)N(Cc1ccccc1)Cc1ccccc1. The molecule has 1 unspecified atom stereocenters. The molecule has 4 aromatic rings. The van der Waals surface area contributed by atoms with E-state index in [1.54, 1.807) is 11.0 Å². The van der Waals surface area contributed by atoms with Crippen LogP contribution in [0.15, 0.2) is 85.7 Å². The summed E-state index contributed by atoms with van der Waals surface area (Å²) in [7, 11) is 0. The highest BCUT2D eigenvalue weighted by atomic mass is 16.2. The molecule has 34 heavy (non-hydrogen) atoms. The first-order chi connectivity index (χ1) is 16.8. The van der Waals surface area contributed by atoms with Crippen LogP contribution in [0.5, 0.6) is 0 Å². The van der Waals surface area contributed by atoms with E-state index in [0.29, 0.717) is 25.5 Å². The molecule has 1 amide bonds. The molecule has 0 spiro atoms. The third-order valence-corrected chi connectivity index (χ3v) is 6.13. The number of nitrogens with zero attached hydrogens (tertiary/aromatic N) is 7. The highest BCUT2D eigenvalue weighted by Crippen LogP contribution is 2.25. The Hall–Kier alpha value is -4.07. The minimum atomic E-state index is -0.0917. The summed E-state index contributed by atoms with van der Waals surface area (Å²) in [5, 5.41) is 4.15. The van der Waals surface area contributed by atoms with Crippen LogP contribution in [0, 0.1) is 5.92 Å². The molecule has 0 saturated carbocycles. The van der Waals surface area contributed by atoms with E-state index in [4.69, 9.17) is 0 Å². The average Bonchev–Trinajstić information content (AvgIpc) is 3.45. The maximum atomic E-state index is 13.8. The summed E-state index contributed by atoms with van der Waals surface area (Å²) in [6.45, 7) is 2.67. The van der Waals surface area contributed by atoms with Crippen molar-refractivity contribution in [3.05, 3.63) is 96.8 Å². The first-order valence-corrected chi connectivity index (χ1v) is 11.5. The quantitative estimate of drug-likeness (QED) is 0.426. The van der Waals surface area contributed by atoms with Crippen LogP contribution < -0.4 is 4.90 Å². The zero-order valence-corrected chi connectivity index (χ0v) is 18.9. The van der Waals surface area contributed by atoms with Crippen molar-refractivity contribution in [2.24, 2.45) is 5.92 Å². The Morgan fingerprint density at radius 3 is 2.24 bits per heavy atom. The molecule has 8 nitrogen and oxygen atoms in total. The fourth-order valence-corrected chi connectivity index (χ4v) is 4.43. The van der Waals surface area contributed by atoms with Crippen LogP contribution in [0.4, 0.5) is 5.82 Å². The van der Waals surface area contributed by atoms with Gasteiger partial charge >= 0.3 is 0 Å². The second-order valence-electron chi connectivity index (χ2n) is 8.53. The van der Waals surface area contributed by atoms with Gasteiger partial charge in [0.15, 0.2) is 5.82 Å². The van der Waals surface area contributed by atoms with Gasteiger partial charge in [0, 0.05) is 32.2 Å². The van der Waals surface area contributed by atoms with Crippen LogP contribution in [-0.2, 0) is 17.9 Å². The van der Waals surface area contributed by atoms with Crippen molar-refractivity contribution < 1.29 is 4.79 Å². The largest absolute Gasteiger partial charge is 0.356 e. The van der Waals surface area contributed by atoms with E-state index in [-0.39, 0.29) is 11.8 Å². The van der Waals surface area contributed by atoms with Gasteiger partial charge in [0.05, 0.1) is 5.92 Å². The molecule has 1 saturated heterocycles. The molecule has 8 heteroatoms. The van der Waals surface area contributed by atoms with Crippen LogP contribution in [0.3, 0.4) is 0 Å². The van der Waals surface area contributed by atoms with Gasteiger partial charge in [0.25, 0.3) is 0 Å². The predicted molar refractivity (Wildman–Crippen MR) is 129 cm³/mol. The van der Waals surface area contributed by atoms with Crippen molar-refractivity contribution in [2.75, 3.05) is 18.0 Å². The van der Waals surface area contributed by atoms with E-state index in [2.05, 4.69) is 49.2 Å². The molecular formula is C26H27N7O. The number of aromatic nitrogens is 5. The van der Waals surface area contributed by atoms with Gasteiger partial charge < -0.3 is 9.80 Å². The number of amides is 1. The van der Waals surface area contributed by atoms with Gasteiger partial charge in [-0.15, -0.1) is 0 Å². The van der Waals surface area contributed by atoms with Crippen molar-refractivity contribution in [3.63, 3.8) is 0 Å². The highest BCUT2D eigenvalue weighted by Gasteiger charge is 2.30. The Labute approximate surface area is 198 Å². The number of rotatable bonds is 7. The van der Waals surface area contributed by atoms with Gasteiger partial charge in [-0.2, -0.15) is 5.10 Å². The number of carbonyl (C=O) groups is 1. The number of hydrogen-bond acceptors (Lipinski definition) is 6. The number of piperidine rings is 1. The third-order valence-electron chi connectivity index (χ3n) is 6.13. The maximum Gasteiger partial charge on any atom is 0.228 e. The predicted octanol–water partition coefficient (Wildman–Crippen LogP) is 3.50. The van der Waals surface area contributed by atoms with Crippen molar-refractivity contribution in [1.29, 1.82) is 0 Å². The molecule has 2 aromatic heterocycles. The average molecular weight is 454 g/mol.